The number of aliphatic hydroxyl groups excluding tert-OH is 1. The Morgan fingerprint density at radius 1 is 1.16 bits per heavy atom. The van der Waals surface area contributed by atoms with Crippen LogP contribution in [0.15, 0.2) is 0 Å². The quantitative estimate of drug-likeness (QED) is 0.760. The number of likely N-dealkylation sites (tertiary alicyclic amines) is 1. The Morgan fingerprint density at radius 2 is 1.74 bits per heavy atom. The van der Waals surface area contributed by atoms with E-state index in [2.05, 4.69) is 33.0 Å². The van der Waals surface area contributed by atoms with Crippen molar-refractivity contribution in [3.63, 3.8) is 0 Å². The fourth-order valence-corrected chi connectivity index (χ4v) is 4.04. The summed E-state index contributed by atoms with van der Waals surface area (Å²) in [5, 5.41) is 13.4. The lowest BCUT2D eigenvalue weighted by molar-refractivity contribution is -0.157. The smallest absolute Gasteiger partial charge is 0.240 e. The first-order chi connectivity index (χ1) is 8.74. The number of piperidine rings is 2. The molecule has 2 aliphatic heterocycles. The standard InChI is InChI=1S/C15H28N2O2/c1-14(2)9-11(18)10-15(3,4)17(14)13(19)12-7-5-6-8-16-12/h11-12,16,18H,5-10H2,1-4H3. The Balaban J connectivity index is 2.21. The molecule has 2 heterocycles. The summed E-state index contributed by atoms with van der Waals surface area (Å²) >= 11 is 0. The van der Waals surface area contributed by atoms with E-state index in [-0.39, 0.29) is 29.1 Å². The van der Waals surface area contributed by atoms with E-state index in [4.69, 9.17) is 0 Å². The van der Waals surface area contributed by atoms with Crippen molar-refractivity contribution in [2.24, 2.45) is 0 Å². The summed E-state index contributed by atoms with van der Waals surface area (Å²) in [5.74, 6) is 0.210. The molecular formula is C15H28N2O2. The zero-order valence-corrected chi connectivity index (χ0v) is 12.7. The minimum Gasteiger partial charge on any atom is -0.393 e. The molecule has 4 heteroatoms. The van der Waals surface area contributed by atoms with Gasteiger partial charge in [-0.1, -0.05) is 6.42 Å². The molecule has 0 aromatic rings. The number of hydrogen-bond acceptors (Lipinski definition) is 3. The van der Waals surface area contributed by atoms with Crippen LogP contribution >= 0.6 is 0 Å². The van der Waals surface area contributed by atoms with Gasteiger partial charge in [0.1, 0.15) is 0 Å². The Morgan fingerprint density at radius 3 is 2.21 bits per heavy atom. The predicted octanol–water partition coefficient (Wildman–Crippen LogP) is 1.67. The molecule has 2 rings (SSSR count). The van der Waals surface area contributed by atoms with E-state index < -0.39 is 0 Å². The molecule has 4 nitrogen and oxygen atoms in total. The Kier molecular flexibility index (Phi) is 3.94. The van der Waals surface area contributed by atoms with Gasteiger partial charge in [-0.3, -0.25) is 4.79 Å². The van der Waals surface area contributed by atoms with E-state index in [1.165, 1.54) is 0 Å². The van der Waals surface area contributed by atoms with Crippen molar-refractivity contribution in [2.45, 2.75) is 83.0 Å². The summed E-state index contributed by atoms with van der Waals surface area (Å²) in [5.41, 5.74) is -0.561. The van der Waals surface area contributed by atoms with E-state index in [1.807, 2.05) is 4.90 Å². The van der Waals surface area contributed by atoms with Gasteiger partial charge in [0.15, 0.2) is 0 Å². The fraction of sp³-hybridized carbons (Fsp3) is 0.933. The van der Waals surface area contributed by atoms with Crippen molar-refractivity contribution >= 4 is 5.91 Å². The molecule has 0 aromatic heterocycles. The number of aliphatic hydroxyl groups is 1. The summed E-state index contributed by atoms with van der Waals surface area (Å²) in [7, 11) is 0. The van der Waals surface area contributed by atoms with Crippen LogP contribution in [0.3, 0.4) is 0 Å². The summed E-state index contributed by atoms with van der Waals surface area (Å²) in [6.07, 6.45) is 4.23. The van der Waals surface area contributed by atoms with Crippen LogP contribution in [0.2, 0.25) is 0 Å². The SMILES string of the molecule is CC1(C)CC(O)CC(C)(C)N1C(=O)C1CCCCN1. The first-order valence-electron chi connectivity index (χ1n) is 7.50. The number of amides is 1. The molecule has 2 N–H and O–H groups in total. The normalized spacial score (nSPS) is 31.2. The molecule has 0 spiro atoms. The second kappa shape index (κ2) is 5.06. The number of carbonyl (C=O) groups is 1. The lowest BCUT2D eigenvalue weighted by atomic mass is 9.77. The van der Waals surface area contributed by atoms with Crippen molar-refractivity contribution in [3.8, 4) is 0 Å². The van der Waals surface area contributed by atoms with Crippen molar-refractivity contribution in [2.75, 3.05) is 6.54 Å². The molecule has 2 aliphatic rings. The van der Waals surface area contributed by atoms with Gasteiger partial charge in [-0.05, 0) is 59.9 Å². The maximum atomic E-state index is 12.9. The van der Waals surface area contributed by atoms with Crippen molar-refractivity contribution in [3.05, 3.63) is 0 Å². The second-order valence-electron chi connectivity index (χ2n) is 7.36. The number of nitrogens with one attached hydrogen (secondary N) is 1. The molecule has 0 radical (unpaired) electrons. The summed E-state index contributed by atoms with van der Waals surface area (Å²) in [4.78, 5) is 14.9. The van der Waals surface area contributed by atoms with Crippen LogP contribution in [0.5, 0.6) is 0 Å². The van der Waals surface area contributed by atoms with Crippen molar-refractivity contribution < 1.29 is 9.90 Å². The highest BCUT2D eigenvalue weighted by Crippen LogP contribution is 2.39. The average molecular weight is 268 g/mol. The molecule has 0 bridgehead atoms. The van der Waals surface area contributed by atoms with Crippen LogP contribution in [0.4, 0.5) is 0 Å². The lowest BCUT2D eigenvalue weighted by Gasteiger charge is -2.55. The topological polar surface area (TPSA) is 52.6 Å². The Hall–Kier alpha value is -0.610. The van der Waals surface area contributed by atoms with Crippen LogP contribution in [-0.4, -0.2) is 45.7 Å². The number of nitrogens with zero attached hydrogens (tertiary/aromatic N) is 1. The van der Waals surface area contributed by atoms with Gasteiger partial charge in [-0.25, -0.2) is 0 Å². The van der Waals surface area contributed by atoms with Crippen LogP contribution in [-0.2, 0) is 4.79 Å². The lowest BCUT2D eigenvalue weighted by Crippen LogP contribution is -2.67. The molecule has 0 aromatic carbocycles. The third kappa shape index (κ3) is 2.95. The molecule has 0 aliphatic carbocycles. The molecule has 0 saturated carbocycles. The van der Waals surface area contributed by atoms with Gasteiger partial charge in [0.05, 0.1) is 12.1 Å². The minimum atomic E-state index is -0.312. The largest absolute Gasteiger partial charge is 0.393 e. The number of hydrogen-bond donors (Lipinski definition) is 2. The summed E-state index contributed by atoms with van der Waals surface area (Å²) < 4.78 is 0. The van der Waals surface area contributed by atoms with E-state index in [1.54, 1.807) is 0 Å². The third-order valence-corrected chi connectivity index (χ3v) is 4.51. The Labute approximate surface area is 116 Å². The van der Waals surface area contributed by atoms with Crippen LogP contribution < -0.4 is 5.32 Å². The van der Waals surface area contributed by atoms with Gasteiger partial charge in [0.2, 0.25) is 5.91 Å². The molecule has 1 atom stereocenters. The Bertz CT molecular complexity index is 328. The van der Waals surface area contributed by atoms with Crippen LogP contribution in [0, 0.1) is 0 Å². The van der Waals surface area contributed by atoms with E-state index in [0.717, 1.165) is 25.8 Å². The van der Waals surface area contributed by atoms with Gasteiger partial charge >= 0.3 is 0 Å². The van der Waals surface area contributed by atoms with Crippen molar-refractivity contribution in [1.29, 1.82) is 0 Å². The van der Waals surface area contributed by atoms with Gasteiger partial charge in [-0.15, -0.1) is 0 Å². The van der Waals surface area contributed by atoms with Gasteiger partial charge < -0.3 is 15.3 Å². The van der Waals surface area contributed by atoms with Crippen LogP contribution in [0.1, 0.15) is 59.8 Å². The van der Waals surface area contributed by atoms with Gasteiger partial charge in [-0.2, -0.15) is 0 Å². The molecule has 2 saturated heterocycles. The van der Waals surface area contributed by atoms with E-state index in [9.17, 15) is 9.90 Å². The highest BCUT2D eigenvalue weighted by Gasteiger charge is 2.48. The molecule has 110 valence electrons. The van der Waals surface area contributed by atoms with E-state index >= 15 is 0 Å². The maximum absolute atomic E-state index is 12.9. The fourth-order valence-electron chi connectivity index (χ4n) is 4.04. The summed E-state index contributed by atoms with van der Waals surface area (Å²) in [6.45, 7) is 9.21. The molecule has 2 fully saturated rings. The highest BCUT2D eigenvalue weighted by atomic mass is 16.3. The molecule has 1 amide bonds. The maximum Gasteiger partial charge on any atom is 0.240 e. The minimum absolute atomic E-state index is 0.0393. The first-order valence-corrected chi connectivity index (χ1v) is 7.50. The van der Waals surface area contributed by atoms with E-state index in [0.29, 0.717) is 12.8 Å². The van der Waals surface area contributed by atoms with Crippen molar-refractivity contribution in [1.82, 2.24) is 10.2 Å². The average Bonchev–Trinajstić information content (AvgIpc) is 2.26. The molecular weight excluding hydrogens is 240 g/mol. The first kappa shape index (κ1) is 14.8. The zero-order valence-electron chi connectivity index (χ0n) is 12.7. The van der Waals surface area contributed by atoms with Gasteiger partial charge in [0, 0.05) is 11.1 Å². The predicted molar refractivity (Wildman–Crippen MR) is 75.9 cm³/mol. The highest BCUT2D eigenvalue weighted by molar-refractivity contribution is 5.83. The number of rotatable bonds is 1. The summed E-state index contributed by atoms with van der Waals surface area (Å²) in [6, 6.07) is -0.0393. The van der Waals surface area contributed by atoms with Crippen LogP contribution in [0.25, 0.3) is 0 Å². The monoisotopic (exact) mass is 268 g/mol. The van der Waals surface area contributed by atoms with Gasteiger partial charge in [0.25, 0.3) is 0 Å². The molecule has 1 unspecified atom stereocenters. The second-order valence-corrected chi connectivity index (χ2v) is 7.36. The molecule has 19 heavy (non-hydrogen) atoms. The third-order valence-electron chi connectivity index (χ3n) is 4.51. The number of carbonyl (C=O) groups excluding carboxylic acids is 1. The zero-order chi connectivity index (χ0) is 14.3.